The van der Waals surface area contributed by atoms with Crippen LogP contribution < -0.4 is 10.1 Å². The van der Waals surface area contributed by atoms with E-state index in [2.05, 4.69) is 5.32 Å². The zero-order valence-corrected chi connectivity index (χ0v) is 15.4. The summed E-state index contributed by atoms with van der Waals surface area (Å²) >= 11 is 0. The van der Waals surface area contributed by atoms with Crippen LogP contribution in [-0.2, 0) is 17.9 Å². The van der Waals surface area contributed by atoms with Crippen molar-refractivity contribution in [3.8, 4) is 5.75 Å². The molecule has 1 unspecified atom stereocenters. The van der Waals surface area contributed by atoms with Gasteiger partial charge >= 0.3 is 12.0 Å². The van der Waals surface area contributed by atoms with Crippen molar-refractivity contribution >= 4 is 12.0 Å². The van der Waals surface area contributed by atoms with Gasteiger partial charge in [-0.05, 0) is 36.6 Å². The molecular weight excluding hydrogens is 344 g/mol. The van der Waals surface area contributed by atoms with Crippen LogP contribution in [0.25, 0.3) is 0 Å². The number of aliphatic carboxylic acids is 1. The molecule has 0 saturated carbocycles. The van der Waals surface area contributed by atoms with E-state index in [1.54, 1.807) is 11.8 Å². The molecule has 6 nitrogen and oxygen atoms in total. The molecule has 1 aliphatic rings. The zero-order chi connectivity index (χ0) is 19.3. The number of nitrogens with one attached hydrogen (secondary N) is 1. The Balaban J connectivity index is 1.46. The SMILES string of the molecule is CC1(C(=O)O)CCN(C(=O)NCc2ccc(COc3ccccc3)cc2)C1. The number of rotatable bonds is 6. The number of carboxylic acid groups (broad SMARTS) is 1. The van der Waals surface area contributed by atoms with Gasteiger partial charge in [-0.2, -0.15) is 0 Å². The number of likely N-dealkylation sites (tertiary alicyclic amines) is 1. The van der Waals surface area contributed by atoms with Crippen LogP contribution in [0.15, 0.2) is 54.6 Å². The van der Waals surface area contributed by atoms with Crippen molar-refractivity contribution in [2.45, 2.75) is 26.5 Å². The van der Waals surface area contributed by atoms with Crippen LogP contribution in [0.4, 0.5) is 4.79 Å². The molecule has 1 heterocycles. The maximum Gasteiger partial charge on any atom is 0.317 e. The van der Waals surface area contributed by atoms with Gasteiger partial charge in [-0.3, -0.25) is 4.79 Å². The van der Waals surface area contributed by atoms with Gasteiger partial charge in [0.1, 0.15) is 12.4 Å². The van der Waals surface area contributed by atoms with Crippen LogP contribution in [0, 0.1) is 5.41 Å². The Morgan fingerprint density at radius 2 is 1.78 bits per heavy atom. The molecule has 142 valence electrons. The topological polar surface area (TPSA) is 78.9 Å². The molecule has 2 aromatic carbocycles. The van der Waals surface area contributed by atoms with Gasteiger partial charge in [0, 0.05) is 19.6 Å². The number of carbonyl (C=O) groups excluding carboxylic acids is 1. The summed E-state index contributed by atoms with van der Waals surface area (Å²) in [4.78, 5) is 25.1. The summed E-state index contributed by atoms with van der Waals surface area (Å²) < 4.78 is 5.71. The number of para-hydroxylation sites is 1. The second-order valence-electron chi connectivity index (χ2n) is 7.11. The summed E-state index contributed by atoms with van der Waals surface area (Å²) in [5.41, 5.74) is 1.18. The van der Waals surface area contributed by atoms with Crippen molar-refractivity contribution < 1.29 is 19.4 Å². The average molecular weight is 368 g/mol. The molecule has 0 aromatic heterocycles. The van der Waals surface area contributed by atoms with Crippen molar-refractivity contribution in [3.05, 3.63) is 65.7 Å². The standard InChI is InChI=1S/C21H24N2O4/c1-21(19(24)25)11-12-23(15-21)20(26)22-13-16-7-9-17(10-8-16)14-27-18-5-3-2-4-6-18/h2-10H,11-15H2,1H3,(H,22,26)(H,24,25). The quantitative estimate of drug-likeness (QED) is 0.820. The molecule has 6 heteroatoms. The Morgan fingerprint density at radius 3 is 2.41 bits per heavy atom. The molecule has 3 rings (SSSR count). The molecule has 0 spiro atoms. The third kappa shape index (κ3) is 4.78. The highest BCUT2D eigenvalue weighted by Gasteiger charge is 2.42. The minimum absolute atomic E-state index is 0.225. The fraction of sp³-hybridized carbons (Fsp3) is 0.333. The first-order valence-corrected chi connectivity index (χ1v) is 8.98. The Morgan fingerprint density at radius 1 is 1.11 bits per heavy atom. The Hall–Kier alpha value is -3.02. The number of carbonyl (C=O) groups is 2. The monoisotopic (exact) mass is 368 g/mol. The lowest BCUT2D eigenvalue weighted by Gasteiger charge is -2.20. The van der Waals surface area contributed by atoms with E-state index in [4.69, 9.17) is 4.74 Å². The van der Waals surface area contributed by atoms with E-state index in [0.29, 0.717) is 26.1 Å². The van der Waals surface area contributed by atoms with Crippen LogP contribution in [0.5, 0.6) is 5.75 Å². The fourth-order valence-corrected chi connectivity index (χ4v) is 3.04. The van der Waals surface area contributed by atoms with E-state index in [1.165, 1.54) is 0 Å². The average Bonchev–Trinajstić information content (AvgIpc) is 3.10. The molecule has 2 N–H and O–H groups in total. The van der Waals surface area contributed by atoms with E-state index >= 15 is 0 Å². The summed E-state index contributed by atoms with van der Waals surface area (Å²) in [5, 5.41) is 12.1. The molecule has 1 aliphatic heterocycles. The zero-order valence-electron chi connectivity index (χ0n) is 15.4. The Bertz CT molecular complexity index is 792. The number of ether oxygens (including phenoxy) is 1. The molecule has 2 amide bonds. The van der Waals surface area contributed by atoms with E-state index in [9.17, 15) is 14.7 Å². The number of hydrogen-bond acceptors (Lipinski definition) is 3. The van der Waals surface area contributed by atoms with Crippen LogP contribution in [-0.4, -0.2) is 35.1 Å². The summed E-state index contributed by atoms with van der Waals surface area (Å²) in [6, 6.07) is 17.3. The van der Waals surface area contributed by atoms with E-state index in [1.807, 2.05) is 54.6 Å². The van der Waals surface area contributed by atoms with Crippen LogP contribution in [0.1, 0.15) is 24.5 Å². The number of amides is 2. The molecule has 27 heavy (non-hydrogen) atoms. The van der Waals surface area contributed by atoms with Gasteiger partial charge in [0.25, 0.3) is 0 Å². The van der Waals surface area contributed by atoms with Gasteiger partial charge in [-0.25, -0.2) is 4.79 Å². The maximum atomic E-state index is 12.3. The number of hydrogen-bond donors (Lipinski definition) is 2. The fourth-order valence-electron chi connectivity index (χ4n) is 3.04. The van der Waals surface area contributed by atoms with Gasteiger partial charge in [0.05, 0.1) is 5.41 Å². The van der Waals surface area contributed by atoms with E-state index in [-0.39, 0.29) is 12.6 Å². The number of carboxylic acids is 1. The molecule has 1 fully saturated rings. The van der Waals surface area contributed by atoms with Gasteiger partial charge in [0.15, 0.2) is 0 Å². The molecule has 0 aliphatic carbocycles. The van der Waals surface area contributed by atoms with Crippen LogP contribution in [0.3, 0.4) is 0 Å². The lowest BCUT2D eigenvalue weighted by Crippen LogP contribution is -2.40. The minimum Gasteiger partial charge on any atom is -0.489 e. The first kappa shape index (κ1) is 18.8. The van der Waals surface area contributed by atoms with Gasteiger partial charge in [-0.15, -0.1) is 0 Å². The van der Waals surface area contributed by atoms with Crippen molar-refractivity contribution in [1.29, 1.82) is 0 Å². The van der Waals surface area contributed by atoms with E-state index < -0.39 is 11.4 Å². The second kappa shape index (κ2) is 8.12. The molecule has 0 bridgehead atoms. The second-order valence-corrected chi connectivity index (χ2v) is 7.11. The highest BCUT2D eigenvalue weighted by molar-refractivity contribution is 5.79. The predicted octanol–water partition coefficient (Wildman–Crippen LogP) is 3.27. The lowest BCUT2D eigenvalue weighted by atomic mass is 9.90. The van der Waals surface area contributed by atoms with Crippen molar-refractivity contribution in [3.63, 3.8) is 0 Å². The number of benzene rings is 2. The molecule has 2 aromatic rings. The highest BCUT2D eigenvalue weighted by Crippen LogP contribution is 2.30. The summed E-state index contributed by atoms with van der Waals surface area (Å²) in [6.07, 6.45) is 0.478. The van der Waals surface area contributed by atoms with Crippen molar-refractivity contribution in [1.82, 2.24) is 10.2 Å². The highest BCUT2D eigenvalue weighted by atomic mass is 16.5. The van der Waals surface area contributed by atoms with Gasteiger partial charge < -0.3 is 20.1 Å². The molecule has 0 radical (unpaired) electrons. The summed E-state index contributed by atoms with van der Waals surface area (Å²) in [5.74, 6) is -0.0288. The molecule has 1 saturated heterocycles. The third-order valence-corrected chi connectivity index (χ3v) is 4.89. The summed E-state index contributed by atoms with van der Waals surface area (Å²) in [6.45, 7) is 3.27. The number of nitrogens with zero attached hydrogens (tertiary/aromatic N) is 1. The Labute approximate surface area is 158 Å². The predicted molar refractivity (Wildman–Crippen MR) is 101 cm³/mol. The Kier molecular flexibility index (Phi) is 5.64. The lowest BCUT2D eigenvalue weighted by molar-refractivity contribution is -0.147. The molecular formula is C21H24N2O4. The van der Waals surface area contributed by atoms with Gasteiger partial charge in [0.2, 0.25) is 0 Å². The van der Waals surface area contributed by atoms with Crippen LogP contribution >= 0.6 is 0 Å². The van der Waals surface area contributed by atoms with E-state index in [0.717, 1.165) is 16.9 Å². The molecule has 1 atom stereocenters. The minimum atomic E-state index is -0.855. The third-order valence-electron chi connectivity index (χ3n) is 4.89. The van der Waals surface area contributed by atoms with Crippen molar-refractivity contribution in [2.75, 3.05) is 13.1 Å². The smallest absolute Gasteiger partial charge is 0.317 e. The van der Waals surface area contributed by atoms with Crippen molar-refractivity contribution in [2.24, 2.45) is 5.41 Å². The summed E-state index contributed by atoms with van der Waals surface area (Å²) in [7, 11) is 0. The maximum absolute atomic E-state index is 12.3. The first-order valence-electron chi connectivity index (χ1n) is 8.98. The normalized spacial score (nSPS) is 18.9. The number of urea groups is 1. The van der Waals surface area contributed by atoms with Gasteiger partial charge in [-0.1, -0.05) is 42.5 Å². The van der Waals surface area contributed by atoms with Crippen LogP contribution in [0.2, 0.25) is 0 Å². The first-order chi connectivity index (χ1) is 13.0. The largest absolute Gasteiger partial charge is 0.489 e.